The van der Waals surface area contributed by atoms with Crippen LogP contribution in [0.2, 0.25) is 0 Å². The molecule has 0 saturated carbocycles. The molecule has 0 aliphatic carbocycles. The fourth-order valence-corrected chi connectivity index (χ4v) is 3.95. The predicted octanol–water partition coefficient (Wildman–Crippen LogP) is 4.03. The van der Waals surface area contributed by atoms with E-state index in [2.05, 4.69) is 47.2 Å². The van der Waals surface area contributed by atoms with Crippen LogP contribution in [-0.2, 0) is 13.6 Å². The maximum absolute atomic E-state index is 5.62. The zero-order chi connectivity index (χ0) is 17.4. The van der Waals surface area contributed by atoms with Crippen molar-refractivity contribution in [3.63, 3.8) is 0 Å². The third kappa shape index (κ3) is 3.00. The summed E-state index contributed by atoms with van der Waals surface area (Å²) in [6.45, 7) is 6.15. The van der Waals surface area contributed by atoms with Gasteiger partial charge in [0.25, 0.3) is 0 Å². The smallest absolute Gasteiger partial charge is 0.151 e. The summed E-state index contributed by atoms with van der Waals surface area (Å²) in [5, 5.41) is 8.84. The second kappa shape index (κ2) is 6.48. The van der Waals surface area contributed by atoms with E-state index in [-0.39, 0.29) is 0 Å². The monoisotopic (exact) mass is 336 g/mol. The van der Waals surface area contributed by atoms with Gasteiger partial charge in [0.2, 0.25) is 0 Å². The molecule has 0 radical (unpaired) electrons. The molecule has 1 saturated heterocycles. The average molecular weight is 336 g/mol. The Hall–Kier alpha value is -2.40. The van der Waals surface area contributed by atoms with Gasteiger partial charge in [-0.1, -0.05) is 35.5 Å². The van der Waals surface area contributed by atoms with Crippen molar-refractivity contribution < 1.29 is 4.52 Å². The van der Waals surface area contributed by atoms with Crippen LogP contribution in [0.25, 0.3) is 11.3 Å². The van der Waals surface area contributed by atoms with Crippen LogP contribution in [0.3, 0.4) is 0 Å². The van der Waals surface area contributed by atoms with Crippen LogP contribution in [0.4, 0.5) is 0 Å². The molecule has 5 heteroatoms. The standard InChI is InChI=1S/C20H24N4O/c1-14-20(15(2)23(3)21-14)19-10-7-11-24(19)13-17-12-18(22-25-17)16-8-5-4-6-9-16/h4-6,8-9,12,19H,7,10-11,13H2,1-3H3. The van der Waals surface area contributed by atoms with E-state index in [0.29, 0.717) is 6.04 Å². The van der Waals surface area contributed by atoms with Gasteiger partial charge >= 0.3 is 0 Å². The highest BCUT2D eigenvalue weighted by atomic mass is 16.5. The van der Waals surface area contributed by atoms with Crippen LogP contribution in [0, 0.1) is 13.8 Å². The van der Waals surface area contributed by atoms with Crippen LogP contribution in [-0.4, -0.2) is 26.4 Å². The maximum Gasteiger partial charge on any atom is 0.151 e. The molecule has 0 N–H and O–H groups in total. The number of likely N-dealkylation sites (tertiary alicyclic amines) is 1. The average Bonchev–Trinajstić information content (AvgIpc) is 3.31. The molecule has 5 nitrogen and oxygen atoms in total. The van der Waals surface area contributed by atoms with Gasteiger partial charge in [0, 0.05) is 36.0 Å². The molecule has 1 aliphatic rings. The molecule has 0 bridgehead atoms. The van der Waals surface area contributed by atoms with E-state index >= 15 is 0 Å². The second-order valence-corrected chi connectivity index (χ2v) is 6.88. The Morgan fingerprint density at radius 3 is 2.72 bits per heavy atom. The molecular weight excluding hydrogens is 312 g/mol. The first-order chi connectivity index (χ1) is 12.1. The molecule has 130 valence electrons. The molecule has 1 fully saturated rings. The third-order valence-corrected chi connectivity index (χ3v) is 5.25. The zero-order valence-electron chi connectivity index (χ0n) is 15.1. The van der Waals surface area contributed by atoms with Gasteiger partial charge in [-0.3, -0.25) is 9.58 Å². The highest BCUT2D eigenvalue weighted by Gasteiger charge is 2.31. The minimum Gasteiger partial charge on any atom is -0.359 e. The van der Waals surface area contributed by atoms with E-state index < -0.39 is 0 Å². The van der Waals surface area contributed by atoms with Gasteiger partial charge in [-0.05, 0) is 33.2 Å². The maximum atomic E-state index is 5.62. The van der Waals surface area contributed by atoms with Crippen molar-refractivity contribution in [2.75, 3.05) is 6.54 Å². The van der Waals surface area contributed by atoms with E-state index in [9.17, 15) is 0 Å². The van der Waals surface area contributed by atoms with Crippen molar-refractivity contribution in [3.8, 4) is 11.3 Å². The Bertz CT molecular complexity index is 865. The van der Waals surface area contributed by atoms with E-state index in [0.717, 1.165) is 35.8 Å². The lowest BCUT2D eigenvalue weighted by Crippen LogP contribution is -2.23. The summed E-state index contributed by atoms with van der Waals surface area (Å²) in [6.07, 6.45) is 2.38. The molecule has 1 atom stereocenters. The molecule has 1 aliphatic heterocycles. The first kappa shape index (κ1) is 16.1. The number of benzene rings is 1. The fraction of sp³-hybridized carbons (Fsp3) is 0.400. The largest absolute Gasteiger partial charge is 0.359 e. The Labute approximate surface area is 148 Å². The molecular formula is C20H24N4O. The lowest BCUT2D eigenvalue weighted by molar-refractivity contribution is 0.216. The van der Waals surface area contributed by atoms with Crippen molar-refractivity contribution >= 4 is 0 Å². The van der Waals surface area contributed by atoms with Crippen LogP contribution in [0.1, 0.15) is 41.6 Å². The molecule has 25 heavy (non-hydrogen) atoms. The van der Waals surface area contributed by atoms with Crippen LogP contribution >= 0.6 is 0 Å². The molecule has 4 rings (SSSR count). The van der Waals surface area contributed by atoms with Crippen molar-refractivity contribution in [3.05, 3.63) is 59.1 Å². The highest BCUT2D eigenvalue weighted by molar-refractivity contribution is 5.58. The van der Waals surface area contributed by atoms with Crippen molar-refractivity contribution in [1.82, 2.24) is 19.8 Å². The van der Waals surface area contributed by atoms with Crippen molar-refractivity contribution in [2.45, 2.75) is 39.3 Å². The van der Waals surface area contributed by atoms with Gasteiger partial charge in [0.15, 0.2) is 5.76 Å². The second-order valence-electron chi connectivity index (χ2n) is 6.88. The number of aryl methyl sites for hydroxylation is 2. The van der Waals surface area contributed by atoms with Gasteiger partial charge in [-0.2, -0.15) is 5.10 Å². The highest BCUT2D eigenvalue weighted by Crippen LogP contribution is 2.36. The zero-order valence-corrected chi connectivity index (χ0v) is 15.1. The molecule has 3 aromatic rings. The quantitative estimate of drug-likeness (QED) is 0.722. The van der Waals surface area contributed by atoms with E-state index in [1.54, 1.807) is 0 Å². The third-order valence-electron chi connectivity index (χ3n) is 5.25. The number of hydrogen-bond donors (Lipinski definition) is 0. The summed E-state index contributed by atoms with van der Waals surface area (Å²) in [5.41, 5.74) is 5.77. The first-order valence-corrected chi connectivity index (χ1v) is 8.88. The van der Waals surface area contributed by atoms with Gasteiger partial charge in [-0.25, -0.2) is 0 Å². The summed E-state index contributed by atoms with van der Waals surface area (Å²) >= 11 is 0. The van der Waals surface area contributed by atoms with E-state index in [4.69, 9.17) is 4.52 Å². The van der Waals surface area contributed by atoms with Gasteiger partial charge in [-0.15, -0.1) is 0 Å². The van der Waals surface area contributed by atoms with Crippen LogP contribution in [0.15, 0.2) is 40.9 Å². The topological polar surface area (TPSA) is 47.1 Å². The minimum absolute atomic E-state index is 0.416. The number of aromatic nitrogens is 3. The van der Waals surface area contributed by atoms with Gasteiger partial charge in [0.05, 0.1) is 12.2 Å². The SMILES string of the molecule is Cc1nn(C)c(C)c1C1CCCN1Cc1cc(-c2ccccc2)no1. The Balaban J connectivity index is 1.55. The van der Waals surface area contributed by atoms with E-state index in [1.807, 2.05) is 29.9 Å². The number of nitrogens with zero attached hydrogens (tertiary/aromatic N) is 4. The fourth-order valence-electron chi connectivity index (χ4n) is 3.95. The first-order valence-electron chi connectivity index (χ1n) is 8.88. The van der Waals surface area contributed by atoms with Crippen LogP contribution in [0.5, 0.6) is 0 Å². The van der Waals surface area contributed by atoms with Crippen molar-refractivity contribution in [1.29, 1.82) is 0 Å². The van der Waals surface area contributed by atoms with Crippen molar-refractivity contribution in [2.24, 2.45) is 7.05 Å². The van der Waals surface area contributed by atoms with Crippen LogP contribution < -0.4 is 0 Å². The Morgan fingerprint density at radius 2 is 2.00 bits per heavy atom. The lowest BCUT2D eigenvalue weighted by Gasteiger charge is -2.23. The summed E-state index contributed by atoms with van der Waals surface area (Å²) in [6, 6.07) is 12.7. The Kier molecular flexibility index (Phi) is 4.17. The molecule has 2 aromatic heterocycles. The summed E-state index contributed by atoms with van der Waals surface area (Å²) in [7, 11) is 2.02. The summed E-state index contributed by atoms with van der Waals surface area (Å²) in [4.78, 5) is 2.49. The van der Waals surface area contributed by atoms with Gasteiger partial charge in [0.1, 0.15) is 5.69 Å². The number of hydrogen-bond acceptors (Lipinski definition) is 4. The molecule has 1 unspecified atom stereocenters. The normalized spacial score (nSPS) is 18.1. The summed E-state index contributed by atoms with van der Waals surface area (Å²) in [5.74, 6) is 0.921. The Morgan fingerprint density at radius 1 is 1.20 bits per heavy atom. The minimum atomic E-state index is 0.416. The number of rotatable bonds is 4. The molecule has 0 amide bonds. The molecule has 1 aromatic carbocycles. The molecule has 0 spiro atoms. The molecule has 3 heterocycles. The summed E-state index contributed by atoms with van der Waals surface area (Å²) < 4.78 is 7.61. The van der Waals surface area contributed by atoms with Gasteiger partial charge < -0.3 is 4.52 Å². The van der Waals surface area contributed by atoms with E-state index in [1.165, 1.54) is 24.1 Å². The predicted molar refractivity (Wildman–Crippen MR) is 97.0 cm³/mol. The lowest BCUT2D eigenvalue weighted by atomic mass is 10.0.